The van der Waals surface area contributed by atoms with E-state index in [1.54, 1.807) is 0 Å². The van der Waals surface area contributed by atoms with E-state index < -0.39 is 12.0 Å². The van der Waals surface area contributed by atoms with Crippen molar-refractivity contribution in [2.75, 3.05) is 12.8 Å². The minimum Gasteiger partial charge on any atom is -0.480 e. The van der Waals surface area contributed by atoms with Crippen LogP contribution >= 0.6 is 11.8 Å². The molecule has 1 heterocycles. The minimum atomic E-state index is -0.887. The smallest absolute Gasteiger partial charge is 0.326 e. The zero-order valence-corrected chi connectivity index (χ0v) is 13.7. The van der Waals surface area contributed by atoms with Gasteiger partial charge in [0.05, 0.1) is 0 Å². The molecule has 2 aliphatic rings. The Morgan fingerprint density at radius 2 is 2.00 bits per heavy atom. The van der Waals surface area contributed by atoms with E-state index in [0.717, 1.165) is 25.7 Å². The lowest BCUT2D eigenvalue weighted by molar-refractivity contribution is -0.143. The van der Waals surface area contributed by atoms with Crippen LogP contribution in [0, 0.1) is 5.92 Å². The van der Waals surface area contributed by atoms with Crippen LogP contribution in [0.1, 0.15) is 45.4 Å². The number of carbonyl (C=O) groups excluding carboxylic acids is 1. The SMILES string of the molecule is CSC1CCCC(NC(=O)N2CCC(C)CC2C(=O)O)C1. The lowest BCUT2D eigenvalue weighted by Crippen LogP contribution is -2.55. The van der Waals surface area contributed by atoms with Crippen LogP contribution in [0.2, 0.25) is 0 Å². The number of nitrogens with zero attached hydrogens (tertiary/aromatic N) is 1. The molecule has 1 aliphatic heterocycles. The fourth-order valence-corrected chi connectivity index (χ4v) is 4.19. The summed E-state index contributed by atoms with van der Waals surface area (Å²) in [4.78, 5) is 25.3. The van der Waals surface area contributed by atoms with Crippen LogP contribution < -0.4 is 5.32 Å². The normalized spacial score (nSPS) is 33.5. The van der Waals surface area contributed by atoms with Gasteiger partial charge in [0, 0.05) is 17.8 Å². The largest absolute Gasteiger partial charge is 0.480 e. The second-order valence-electron chi connectivity index (χ2n) is 6.35. The van der Waals surface area contributed by atoms with E-state index in [9.17, 15) is 14.7 Å². The van der Waals surface area contributed by atoms with Crippen molar-refractivity contribution >= 4 is 23.8 Å². The van der Waals surface area contributed by atoms with Gasteiger partial charge in [-0.3, -0.25) is 0 Å². The second-order valence-corrected chi connectivity index (χ2v) is 7.49. The van der Waals surface area contributed by atoms with Gasteiger partial charge in [0.15, 0.2) is 0 Å². The van der Waals surface area contributed by atoms with Gasteiger partial charge in [-0.25, -0.2) is 9.59 Å². The Morgan fingerprint density at radius 3 is 2.67 bits per heavy atom. The van der Waals surface area contributed by atoms with Crippen molar-refractivity contribution in [2.24, 2.45) is 5.92 Å². The van der Waals surface area contributed by atoms with Crippen LogP contribution in [-0.2, 0) is 4.79 Å². The molecule has 4 unspecified atom stereocenters. The number of carbonyl (C=O) groups is 2. The van der Waals surface area contributed by atoms with E-state index in [-0.39, 0.29) is 12.1 Å². The van der Waals surface area contributed by atoms with Gasteiger partial charge in [0.25, 0.3) is 0 Å². The number of carboxylic acid groups (broad SMARTS) is 1. The summed E-state index contributed by atoms with van der Waals surface area (Å²) in [5.74, 6) is -0.520. The van der Waals surface area contributed by atoms with E-state index in [1.165, 1.54) is 11.3 Å². The molecule has 0 aromatic heterocycles. The highest BCUT2D eigenvalue weighted by molar-refractivity contribution is 7.99. The predicted molar refractivity (Wildman–Crippen MR) is 84.6 cm³/mol. The molecule has 2 N–H and O–H groups in total. The molecule has 0 aromatic rings. The molecular weight excluding hydrogens is 288 g/mol. The Kier molecular flexibility index (Phi) is 5.79. The Bertz CT molecular complexity index is 391. The summed E-state index contributed by atoms with van der Waals surface area (Å²) < 4.78 is 0. The van der Waals surface area contributed by atoms with Crippen molar-refractivity contribution in [1.29, 1.82) is 0 Å². The maximum absolute atomic E-state index is 12.4. The number of likely N-dealkylation sites (tertiary alicyclic amines) is 1. The highest BCUT2D eigenvalue weighted by atomic mass is 32.2. The number of rotatable bonds is 3. The summed E-state index contributed by atoms with van der Waals surface area (Å²) >= 11 is 1.86. The first-order chi connectivity index (χ1) is 10.0. The van der Waals surface area contributed by atoms with Crippen LogP contribution in [0.3, 0.4) is 0 Å². The number of urea groups is 1. The molecule has 1 aliphatic carbocycles. The number of aliphatic carboxylic acids is 1. The standard InChI is InChI=1S/C15H26N2O3S/c1-10-6-7-17(13(8-10)14(18)19)15(20)16-11-4-3-5-12(9-11)21-2/h10-13H,3-9H2,1-2H3,(H,16,20)(H,18,19). The minimum absolute atomic E-state index is 0.192. The topological polar surface area (TPSA) is 69.6 Å². The van der Waals surface area contributed by atoms with Crippen LogP contribution in [0.5, 0.6) is 0 Å². The average Bonchev–Trinajstić information content (AvgIpc) is 2.47. The van der Waals surface area contributed by atoms with E-state index in [2.05, 4.69) is 18.5 Å². The van der Waals surface area contributed by atoms with E-state index in [4.69, 9.17) is 0 Å². The molecule has 2 amide bonds. The molecule has 1 saturated carbocycles. The first kappa shape index (κ1) is 16.5. The fraction of sp³-hybridized carbons (Fsp3) is 0.867. The van der Waals surface area contributed by atoms with Gasteiger partial charge >= 0.3 is 12.0 Å². The summed E-state index contributed by atoms with van der Waals surface area (Å²) in [5, 5.41) is 13.0. The third-order valence-corrected chi connectivity index (χ3v) is 5.79. The molecule has 2 fully saturated rings. The number of piperidine rings is 1. The lowest BCUT2D eigenvalue weighted by Gasteiger charge is -2.37. The monoisotopic (exact) mass is 314 g/mol. The third-order valence-electron chi connectivity index (χ3n) is 4.70. The molecule has 6 heteroatoms. The molecular formula is C15H26N2O3S. The third kappa shape index (κ3) is 4.28. The summed E-state index contributed by atoms with van der Waals surface area (Å²) in [6.45, 7) is 2.60. The van der Waals surface area contributed by atoms with Crippen LogP contribution in [0.25, 0.3) is 0 Å². The number of thioether (sulfide) groups is 1. The summed E-state index contributed by atoms with van der Waals surface area (Å²) in [5.41, 5.74) is 0. The van der Waals surface area contributed by atoms with Crippen molar-refractivity contribution in [1.82, 2.24) is 10.2 Å². The molecule has 0 radical (unpaired) electrons. The van der Waals surface area contributed by atoms with Crippen LogP contribution in [0.15, 0.2) is 0 Å². The van der Waals surface area contributed by atoms with Crippen molar-refractivity contribution in [3.05, 3.63) is 0 Å². The number of nitrogens with one attached hydrogen (secondary N) is 1. The molecule has 4 atom stereocenters. The van der Waals surface area contributed by atoms with Crippen LogP contribution in [-0.4, -0.2) is 52.1 Å². The molecule has 0 bridgehead atoms. The molecule has 0 aromatic carbocycles. The molecule has 2 rings (SSSR count). The summed E-state index contributed by atoms with van der Waals surface area (Å²) in [6.07, 6.45) is 7.90. The van der Waals surface area contributed by atoms with Crippen LogP contribution in [0.4, 0.5) is 4.79 Å². The zero-order chi connectivity index (χ0) is 15.4. The van der Waals surface area contributed by atoms with Crippen molar-refractivity contribution < 1.29 is 14.7 Å². The molecule has 0 spiro atoms. The van der Waals surface area contributed by atoms with Gasteiger partial charge < -0.3 is 15.3 Å². The highest BCUT2D eigenvalue weighted by Gasteiger charge is 2.35. The van der Waals surface area contributed by atoms with Gasteiger partial charge in [-0.2, -0.15) is 11.8 Å². The Balaban J connectivity index is 1.93. The van der Waals surface area contributed by atoms with Gasteiger partial charge in [-0.15, -0.1) is 0 Å². The van der Waals surface area contributed by atoms with Crippen molar-refractivity contribution in [2.45, 2.75) is 62.8 Å². The van der Waals surface area contributed by atoms with Crippen molar-refractivity contribution in [3.63, 3.8) is 0 Å². The number of amides is 2. The zero-order valence-electron chi connectivity index (χ0n) is 12.9. The lowest BCUT2D eigenvalue weighted by atomic mass is 9.92. The van der Waals surface area contributed by atoms with Crippen molar-refractivity contribution in [3.8, 4) is 0 Å². The highest BCUT2D eigenvalue weighted by Crippen LogP contribution is 2.28. The van der Waals surface area contributed by atoms with E-state index >= 15 is 0 Å². The quantitative estimate of drug-likeness (QED) is 0.840. The predicted octanol–water partition coefficient (Wildman–Crippen LogP) is 2.56. The molecule has 1 saturated heterocycles. The maximum atomic E-state index is 12.4. The maximum Gasteiger partial charge on any atom is 0.326 e. The summed E-state index contributed by atoms with van der Waals surface area (Å²) in [7, 11) is 0. The Hall–Kier alpha value is -0.910. The Morgan fingerprint density at radius 1 is 1.24 bits per heavy atom. The fourth-order valence-electron chi connectivity index (χ4n) is 3.37. The first-order valence-electron chi connectivity index (χ1n) is 7.84. The number of carboxylic acids is 1. The Labute approximate surface area is 130 Å². The second kappa shape index (κ2) is 7.38. The molecule has 5 nitrogen and oxygen atoms in total. The molecule has 21 heavy (non-hydrogen) atoms. The first-order valence-corrected chi connectivity index (χ1v) is 9.12. The summed E-state index contributed by atoms with van der Waals surface area (Å²) in [6, 6.07) is -0.674. The van der Waals surface area contributed by atoms with Gasteiger partial charge in [0.2, 0.25) is 0 Å². The molecule has 120 valence electrons. The van der Waals surface area contributed by atoms with E-state index in [1.807, 2.05) is 11.8 Å². The average molecular weight is 314 g/mol. The number of hydrogen-bond acceptors (Lipinski definition) is 3. The van der Waals surface area contributed by atoms with E-state index in [0.29, 0.717) is 24.1 Å². The number of hydrogen-bond donors (Lipinski definition) is 2. The van der Waals surface area contributed by atoms with Gasteiger partial charge in [-0.05, 0) is 44.3 Å². The van der Waals surface area contributed by atoms with Gasteiger partial charge in [-0.1, -0.05) is 13.3 Å². The van der Waals surface area contributed by atoms with Gasteiger partial charge in [0.1, 0.15) is 6.04 Å².